The zero-order valence-electron chi connectivity index (χ0n) is 11.6. The molecule has 2 aromatic rings. The van der Waals surface area contributed by atoms with E-state index < -0.39 is 11.9 Å². The second kappa shape index (κ2) is 7.43. The number of hydrogen-bond donors (Lipinski definition) is 1. The summed E-state index contributed by atoms with van der Waals surface area (Å²) in [7, 11) is 0. The van der Waals surface area contributed by atoms with Crippen LogP contribution in [0.4, 0.5) is 4.39 Å². The number of aliphatic hydroxyl groups excluding tert-OH is 1. The van der Waals surface area contributed by atoms with Crippen LogP contribution in [0.3, 0.4) is 0 Å². The van der Waals surface area contributed by atoms with Gasteiger partial charge in [0, 0.05) is 10.0 Å². The van der Waals surface area contributed by atoms with Gasteiger partial charge in [0.2, 0.25) is 0 Å². The van der Waals surface area contributed by atoms with Crippen molar-refractivity contribution in [3.05, 3.63) is 58.3 Å². The third-order valence-electron chi connectivity index (χ3n) is 2.85. The Hall–Kier alpha value is -1.59. The average Bonchev–Trinajstić information content (AvgIpc) is 2.46. The van der Waals surface area contributed by atoms with Crippen LogP contribution in [-0.2, 0) is 0 Å². The van der Waals surface area contributed by atoms with Gasteiger partial charge in [0.15, 0.2) is 0 Å². The molecule has 2 rings (SSSR count). The fraction of sp³-hybridized carbons (Fsp3) is 0.250. The standard InChI is InChI=1S/C16H16BrFO3/c1-11(19)15-10-13(18)4-7-16(15)21-9-8-20-14-5-2-12(17)3-6-14/h2-7,10-11,19H,8-9H2,1H3/t11-/m0/s1. The summed E-state index contributed by atoms with van der Waals surface area (Å²) < 4.78 is 25.2. The summed E-state index contributed by atoms with van der Waals surface area (Å²) >= 11 is 3.35. The van der Waals surface area contributed by atoms with Gasteiger partial charge in [-0.25, -0.2) is 4.39 Å². The van der Waals surface area contributed by atoms with Crippen LogP contribution >= 0.6 is 15.9 Å². The fourth-order valence-corrected chi connectivity index (χ4v) is 2.08. The number of aliphatic hydroxyl groups is 1. The predicted molar refractivity (Wildman–Crippen MR) is 82.2 cm³/mol. The Labute approximate surface area is 131 Å². The molecule has 0 saturated heterocycles. The van der Waals surface area contributed by atoms with E-state index in [0.717, 1.165) is 10.2 Å². The van der Waals surface area contributed by atoms with Gasteiger partial charge in [-0.15, -0.1) is 0 Å². The van der Waals surface area contributed by atoms with Gasteiger partial charge in [0.25, 0.3) is 0 Å². The second-order valence-electron chi connectivity index (χ2n) is 4.51. The maximum Gasteiger partial charge on any atom is 0.125 e. The minimum atomic E-state index is -0.789. The first-order chi connectivity index (χ1) is 10.1. The number of halogens is 2. The van der Waals surface area contributed by atoms with E-state index >= 15 is 0 Å². The first kappa shape index (κ1) is 15.8. The molecule has 0 fully saturated rings. The van der Waals surface area contributed by atoms with Crippen LogP contribution in [0.5, 0.6) is 11.5 Å². The first-order valence-electron chi connectivity index (χ1n) is 6.55. The summed E-state index contributed by atoms with van der Waals surface area (Å²) in [6.45, 7) is 2.24. The topological polar surface area (TPSA) is 38.7 Å². The number of ether oxygens (including phenoxy) is 2. The first-order valence-corrected chi connectivity index (χ1v) is 7.34. The zero-order valence-corrected chi connectivity index (χ0v) is 13.1. The van der Waals surface area contributed by atoms with Crippen molar-refractivity contribution in [1.82, 2.24) is 0 Å². The third-order valence-corrected chi connectivity index (χ3v) is 3.37. The Morgan fingerprint density at radius 1 is 1.10 bits per heavy atom. The molecular weight excluding hydrogens is 339 g/mol. The van der Waals surface area contributed by atoms with Crippen molar-refractivity contribution in [3.63, 3.8) is 0 Å². The molecule has 0 radical (unpaired) electrons. The van der Waals surface area contributed by atoms with E-state index in [9.17, 15) is 9.50 Å². The molecule has 0 aliphatic rings. The molecule has 5 heteroatoms. The molecule has 3 nitrogen and oxygen atoms in total. The molecule has 0 saturated carbocycles. The molecule has 0 bridgehead atoms. The van der Waals surface area contributed by atoms with Crippen LogP contribution in [0.1, 0.15) is 18.6 Å². The lowest BCUT2D eigenvalue weighted by molar-refractivity contribution is 0.181. The Kier molecular flexibility index (Phi) is 5.59. The van der Waals surface area contributed by atoms with Crippen molar-refractivity contribution in [3.8, 4) is 11.5 Å². The molecule has 1 atom stereocenters. The molecule has 21 heavy (non-hydrogen) atoms. The van der Waals surface area contributed by atoms with Crippen molar-refractivity contribution < 1.29 is 19.0 Å². The van der Waals surface area contributed by atoms with Gasteiger partial charge in [-0.1, -0.05) is 15.9 Å². The van der Waals surface area contributed by atoms with Crippen LogP contribution < -0.4 is 9.47 Å². The quantitative estimate of drug-likeness (QED) is 0.793. The molecule has 0 aromatic heterocycles. The minimum absolute atomic E-state index is 0.307. The molecule has 0 heterocycles. The molecule has 0 spiro atoms. The van der Waals surface area contributed by atoms with Gasteiger partial charge in [-0.3, -0.25) is 0 Å². The number of hydrogen-bond acceptors (Lipinski definition) is 3. The maximum atomic E-state index is 13.2. The molecule has 0 aliphatic heterocycles. The smallest absolute Gasteiger partial charge is 0.125 e. The van der Waals surface area contributed by atoms with E-state index in [1.165, 1.54) is 18.2 Å². The van der Waals surface area contributed by atoms with E-state index in [4.69, 9.17) is 9.47 Å². The van der Waals surface area contributed by atoms with Crippen LogP contribution in [0.15, 0.2) is 46.9 Å². The van der Waals surface area contributed by atoms with Crippen molar-refractivity contribution in [2.75, 3.05) is 13.2 Å². The van der Waals surface area contributed by atoms with Gasteiger partial charge >= 0.3 is 0 Å². The normalized spacial score (nSPS) is 12.0. The van der Waals surface area contributed by atoms with E-state index in [2.05, 4.69) is 15.9 Å². The number of rotatable bonds is 6. The van der Waals surface area contributed by atoms with Gasteiger partial charge in [-0.05, 0) is 49.4 Å². The summed E-state index contributed by atoms with van der Waals surface area (Å²) in [5, 5.41) is 9.61. The van der Waals surface area contributed by atoms with Crippen LogP contribution in [0, 0.1) is 5.82 Å². The molecule has 112 valence electrons. The summed E-state index contributed by atoms with van der Waals surface area (Å²) in [4.78, 5) is 0. The molecule has 1 N–H and O–H groups in total. The van der Waals surface area contributed by atoms with Crippen molar-refractivity contribution >= 4 is 15.9 Å². The van der Waals surface area contributed by atoms with Gasteiger partial charge in [0.05, 0.1) is 6.10 Å². The highest BCUT2D eigenvalue weighted by molar-refractivity contribution is 9.10. The second-order valence-corrected chi connectivity index (χ2v) is 5.42. The van der Waals surface area contributed by atoms with Crippen molar-refractivity contribution in [2.24, 2.45) is 0 Å². The summed E-state index contributed by atoms with van der Waals surface area (Å²) in [6.07, 6.45) is -0.789. The third kappa shape index (κ3) is 4.72. The molecule has 0 unspecified atom stereocenters. The van der Waals surface area contributed by atoms with Gasteiger partial charge in [-0.2, -0.15) is 0 Å². The minimum Gasteiger partial charge on any atom is -0.490 e. The lowest BCUT2D eigenvalue weighted by Gasteiger charge is -2.14. The largest absolute Gasteiger partial charge is 0.490 e. The Morgan fingerprint density at radius 3 is 2.43 bits per heavy atom. The molecule has 0 aliphatic carbocycles. The molecular formula is C16H16BrFO3. The Balaban J connectivity index is 1.87. The fourth-order valence-electron chi connectivity index (χ4n) is 1.82. The lowest BCUT2D eigenvalue weighted by Crippen LogP contribution is -2.10. The highest BCUT2D eigenvalue weighted by Gasteiger charge is 2.10. The Morgan fingerprint density at radius 2 is 1.76 bits per heavy atom. The highest BCUT2D eigenvalue weighted by Crippen LogP contribution is 2.26. The molecule has 0 amide bonds. The van der Waals surface area contributed by atoms with E-state index in [-0.39, 0.29) is 0 Å². The summed E-state index contributed by atoms with van der Waals surface area (Å²) in [5.41, 5.74) is 0.429. The Bertz CT molecular complexity index is 585. The van der Waals surface area contributed by atoms with E-state index in [1.54, 1.807) is 6.92 Å². The van der Waals surface area contributed by atoms with Gasteiger partial charge < -0.3 is 14.6 Å². The monoisotopic (exact) mass is 354 g/mol. The lowest BCUT2D eigenvalue weighted by atomic mass is 10.1. The summed E-state index contributed by atoms with van der Waals surface area (Å²) in [5.74, 6) is 0.812. The predicted octanol–water partition coefficient (Wildman–Crippen LogP) is 4.10. The van der Waals surface area contributed by atoms with E-state index in [0.29, 0.717) is 24.5 Å². The maximum absolute atomic E-state index is 13.2. The highest BCUT2D eigenvalue weighted by atomic mass is 79.9. The van der Waals surface area contributed by atoms with Crippen molar-refractivity contribution in [1.29, 1.82) is 0 Å². The zero-order chi connectivity index (χ0) is 15.2. The molecule has 2 aromatic carbocycles. The van der Waals surface area contributed by atoms with Crippen molar-refractivity contribution in [2.45, 2.75) is 13.0 Å². The average molecular weight is 355 g/mol. The van der Waals surface area contributed by atoms with Crippen LogP contribution in [0.2, 0.25) is 0 Å². The van der Waals surface area contributed by atoms with E-state index in [1.807, 2.05) is 24.3 Å². The van der Waals surface area contributed by atoms with Crippen LogP contribution in [-0.4, -0.2) is 18.3 Å². The summed E-state index contributed by atoms with van der Waals surface area (Å²) in [6, 6.07) is 11.6. The number of benzene rings is 2. The van der Waals surface area contributed by atoms with Gasteiger partial charge in [0.1, 0.15) is 30.5 Å². The van der Waals surface area contributed by atoms with Crippen LogP contribution in [0.25, 0.3) is 0 Å². The SMILES string of the molecule is C[C@H](O)c1cc(F)ccc1OCCOc1ccc(Br)cc1.